The minimum absolute atomic E-state index is 0.785. The molecule has 0 fully saturated rings. The molecular formula is C13H25N5S. The first-order chi connectivity index (χ1) is 9.06. The van der Waals surface area contributed by atoms with E-state index in [1.807, 2.05) is 21.0 Å². The average Bonchev–Trinajstić information content (AvgIpc) is 2.79. The normalized spacial score (nSPS) is 12.0. The fourth-order valence-electron chi connectivity index (χ4n) is 1.70. The molecule has 0 saturated carbocycles. The van der Waals surface area contributed by atoms with Gasteiger partial charge in [0.15, 0.2) is 5.96 Å². The molecule has 108 valence electrons. The van der Waals surface area contributed by atoms with Gasteiger partial charge in [-0.05, 0) is 20.5 Å². The Hall–Kier alpha value is -1.14. The molecule has 1 N–H and O–H groups in total. The lowest BCUT2D eigenvalue weighted by Crippen LogP contribution is -2.41. The Morgan fingerprint density at radius 2 is 2.21 bits per heavy atom. The molecule has 0 aliphatic heterocycles. The van der Waals surface area contributed by atoms with E-state index >= 15 is 0 Å². The molecule has 0 bridgehead atoms. The molecule has 0 aliphatic rings. The van der Waals surface area contributed by atoms with E-state index < -0.39 is 0 Å². The topological polar surface area (TPSA) is 43.8 Å². The van der Waals surface area contributed by atoms with Gasteiger partial charge in [0.1, 0.15) is 0 Å². The van der Waals surface area contributed by atoms with Crippen LogP contribution in [0.2, 0.25) is 0 Å². The van der Waals surface area contributed by atoms with Crippen molar-refractivity contribution in [3.63, 3.8) is 0 Å². The number of hydrogen-bond donors (Lipinski definition) is 1. The van der Waals surface area contributed by atoms with Gasteiger partial charge in [-0.1, -0.05) is 6.92 Å². The minimum Gasteiger partial charge on any atom is -0.355 e. The number of aromatic nitrogens is 1. The SMILES string of the molecule is CCN(C)CCNC(=NC)N(C)Cc1csc(C)n1. The van der Waals surface area contributed by atoms with Gasteiger partial charge in [-0.2, -0.15) is 0 Å². The standard InChI is InChI=1S/C13H25N5S/c1-6-17(4)8-7-15-13(14-3)18(5)9-12-10-19-11(2)16-12/h10H,6-9H2,1-5H3,(H,14,15). The lowest BCUT2D eigenvalue weighted by molar-refractivity contribution is 0.353. The highest BCUT2D eigenvalue weighted by molar-refractivity contribution is 7.09. The van der Waals surface area contributed by atoms with Crippen molar-refractivity contribution in [3.05, 3.63) is 16.1 Å². The number of aryl methyl sites for hydroxylation is 1. The number of hydrogen-bond acceptors (Lipinski definition) is 4. The summed E-state index contributed by atoms with van der Waals surface area (Å²) in [6, 6.07) is 0. The van der Waals surface area contributed by atoms with Crippen molar-refractivity contribution in [2.24, 2.45) is 4.99 Å². The van der Waals surface area contributed by atoms with Crippen molar-refractivity contribution >= 4 is 17.3 Å². The molecule has 0 aromatic carbocycles. The maximum absolute atomic E-state index is 4.47. The third kappa shape index (κ3) is 5.57. The van der Waals surface area contributed by atoms with Gasteiger partial charge in [0.05, 0.1) is 17.2 Å². The summed E-state index contributed by atoms with van der Waals surface area (Å²) in [5, 5.41) is 6.58. The van der Waals surface area contributed by atoms with Gasteiger partial charge in [0.25, 0.3) is 0 Å². The third-order valence-electron chi connectivity index (χ3n) is 2.96. The van der Waals surface area contributed by atoms with Crippen molar-refractivity contribution in [3.8, 4) is 0 Å². The van der Waals surface area contributed by atoms with Crippen molar-refractivity contribution in [1.82, 2.24) is 20.1 Å². The molecule has 0 aliphatic carbocycles. The van der Waals surface area contributed by atoms with E-state index in [9.17, 15) is 0 Å². The Morgan fingerprint density at radius 1 is 1.47 bits per heavy atom. The van der Waals surface area contributed by atoms with E-state index in [1.54, 1.807) is 11.3 Å². The van der Waals surface area contributed by atoms with E-state index in [0.29, 0.717) is 0 Å². The molecule has 1 aromatic rings. The largest absolute Gasteiger partial charge is 0.355 e. The van der Waals surface area contributed by atoms with Crippen molar-refractivity contribution < 1.29 is 0 Å². The maximum Gasteiger partial charge on any atom is 0.193 e. The van der Waals surface area contributed by atoms with Crippen LogP contribution in [-0.2, 0) is 6.54 Å². The van der Waals surface area contributed by atoms with E-state index in [1.165, 1.54) is 0 Å². The van der Waals surface area contributed by atoms with Gasteiger partial charge in [-0.25, -0.2) is 4.98 Å². The first-order valence-corrected chi connectivity index (χ1v) is 7.46. The van der Waals surface area contributed by atoms with Gasteiger partial charge in [-0.3, -0.25) is 4.99 Å². The molecule has 1 aromatic heterocycles. The Kier molecular flexibility index (Phi) is 6.80. The van der Waals surface area contributed by atoms with Crippen molar-refractivity contribution in [2.75, 3.05) is 40.8 Å². The van der Waals surface area contributed by atoms with Gasteiger partial charge >= 0.3 is 0 Å². The van der Waals surface area contributed by atoms with Crippen LogP contribution in [0, 0.1) is 6.92 Å². The fraction of sp³-hybridized carbons (Fsp3) is 0.692. The summed E-state index contributed by atoms with van der Waals surface area (Å²) in [6.07, 6.45) is 0. The highest BCUT2D eigenvalue weighted by Gasteiger charge is 2.08. The number of nitrogens with zero attached hydrogens (tertiary/aromatic N) is 4. The number of thiazole rings is 1. The van der Waals surface area contributed by atoms with E-state index in [-0.39, 0.29) is 0 Å². The van der Waals surface area contributed by atoms with Crippen LogP contribution in [0.5, 0.6) is 0 Å². The zero-order valence-corrected chi connectivity index (χ0v) is 13.4. The lowest BCUT2D eigenvalue weighted by Gasteiger charge is -2.22. The van der Waals surface area contributed by atoms with Crippen LogP contribution in [-0.4, -0.2) is 61.5 Å². The summed E-state index contributed by atoms with van der Waals surface area (Å²) in [7, 11) is 5.97. The second-order valence-corrected chi connectivity index (χ2v) is 5.65. The van der Waals surface area contributed by atoms with Crippen molar-refractivity contribution in [1.29, 1.82) is 0 Å². The zero-order valence-electron chi connectivity index (χ0n) is 12.6. The predicted molar refractivity (Wildman–Crippen MR) is 82.9 cm³/mol. The molecule has 0 amide bonds. The van der Waals surface area contributed by atoms with E-state index in [0.717, 1.165) is 42.8 Å². The Bertz CT molecular complexity index is 401. The number of nitrogens with one attached hydrogen (secondary N) is 1. The van der Waals surface area contributed by atoms with Crippen LogP contribution in [0.15, 0.2) is 10.4 Å². The molecule has 0 radical (unpaired) electrons. The fourth-order valence-corrected chi connectivity index (χ4v) is 2.30. The molecule has 0 spiro atoms. The molecule has 0 atom stereocenters. The zero-order chi connectivity index (χ0) is 14.3. The van der Waals surface area contributed by atoms with Crippen LogP contribution in [0.4, 0.5) is 0 Å². The van der Waals surface area contributed by atoms with Crippen LogP contribution in [0.1, 0.15) is 17.6 Å². The molecule has 6 heteroatoms. The van der Waals surface area contributed by atoms with E-state index in [2.05, 4.69) is 44.4 Å². The van der Waals surface area contributed by atoms with Crippen LogP contribution in [0.25, 0.3) is 0 Å². The molecule has 1 rings (SSSR count). The summed E-state index contributed by atoms with van der Waals surface area (Å²) in [5.74, 6) is 0.912. The summed E-state index contributed by atoms with van der Waals surface area (Å²) < 4.78 is 0. The lowest BCUT2D eigenvalue weighted by atomic mass is 10.4. The molecule has 19 heavy (non-hydrogen) atoms. The minimum atomic E-state index is 0.785. The molecular weight excluding hydrogens is 258 g/mol. The number of guanidine groups is 1. The van der Waals surface area contributed by atoms with Gasteiger partial charge < -0.3 is 15.1 Å². The number of likely N-dealkylation sites (N-methyl/N-ethyl adjacent to an activating group) is 1. The highest BCUT2D eigenvalue weighted by atomic mass is 32.1. The summed E-state index contributed by atoms with van der Waals surface area (Å²) in [5.41, 5.74) is 1.10. The highest BCUT2D eigenvalue weighted by Crippen LogP contribution is 2.09. The predicted octanol–water partition coefficient (Wildman–Crippen LogP) is 1.41. The second-order valence-electron chi connectivity index (χ2n) is 4.58. The van der Waals surface area contributed by atoms with Crippen LogP contribution < -0.4 is 5.32 Å². The first kappa shape index (κ1) is 15.9. The van der Waals surface area contributed by atoms with Crippen LogP contribution >= 0.6 is 11.3 Å². The summed E-state index contributed by atoms with van der Waals surface area (Å²) >= 11 is 1.69. The summed E-state index contributed by atoms with van der Waals surface area (Å²) in [4.78, 5) is 13.1. The average molecular weight is 283 g/mol. The molecule has 0 unspecified atom stereocenters. The van der Waals surface area contributed by atoms with E-state index in [4.69, 9.17) is 0 Å². The smallest absolute Gasteiger partial charge is 0.193 e. The quantitative estimate of drug-likeness (QED) is 0.633. The Labute approximate surface area is 120 Å². The Morgan fingerprint density at radius 3 is 2.74 bits per heavy atom. The maximum atomic E-state index is 4.47. The van der Waals surface area contributed by atoms with Gasteiger partial charge in [0.2, 0.25) is 0 Å². The molecule has 1 heterocycles. The molecule has 0 saturated heterocycles. The number of rotatable bonds is 6. The number of aliphatic imine (C=N–C) groups is 1. The first-order valence-electron chi connectivity index (χ1n) is 6.58. The summed E-state index contributed by atoms with van der Waals surface area (Å²) in [6.45, 7) is 7.95. The molecule has 5 nitrogen and oxygen atoms in total. The van der Waals surface area contributed by atoms with Crippen molar-refractivity contribution in [2.45, 2.75) is 20.4 Å². The third-order valence-corrected chi connectivity index (χ3v) is 3.78. The van der Waals surface area contributed by atoms with Gasteiger partial charge in [0, 0.05) is 32.6 Å². The monoisotopic (exact) mass is 283 g/mol. The second kappa shape index (κ2) is 8.12. The van der Waals surface area contributed by atoms with Crippen LogP contribution in [0.3, 0.4) is 0 Å². The Balaban J connectivity index is 2.41. The van der Waals surface area contributed by atoms with Gasteiger partial charge in [-0.15, -0.1) is 11.3 Å².